The first-order valence-corrected chi connectivity index (χ1v) is 5.56. The first-order valence-electron chi connectivity index (χ1n) is 4.76. The molecule has 0 saturated heterocycles. The van der Waals surface area contributed by atoms with Crippen molar-refractivity contribution < 1.29 is 8.78 Å². The molecule has 2 rings (SSSR count). The van der Waals surface area contributed by atoms with Gasteiger partial charge in [-0.05, 0) is 12.1 Å². The van der Waals surface area contributed by atoms with Crippen LogP contribution in [0.1, 0.15) is 0 Å². The van der Waals surface area contributed by atoms with E-state index in [1.54, 1.807) is 14.1 Å². The summed E-state index contributed by atoms with van der Waals surface area (Å²) in [5.74, 6) is -0.802. The van der Waals surface area contributed by atoms with Crippen LogP contribution in [0.15, 0.2) is 16.6 Å². The van der Waals surface area contributed by atoms with Crippen molar-refractivity contribution in [2.75, 3.05) is 12.4 Å². The van der Waals surface area contributed by atoms with Crippen LogP contribution in [-0.4, -0.2) is 21.8 Å². The van der Waals surface area contributed by atoms with Crippen molar-refractivity contribution in [3.8, 4) is 11.4 Å². The molecule has 0 amide bonds. The minimum atomic E-state index is -0.685. The number of nitrogens with zero attached hydrogens (tertiary/aromatic N) is 3. The fourth-order valence-corrected chi connectivity index (χ4v) is 1.92. The number of anilines is 1. The van der Waals surface area contributed by atoms with E-state index in [0.717, 1.165) is 0 Å². The van der Waals surface area contributed by atoms with Gasteiger partial charge in [-0.15, -0.1) is 10.2 Å². The molecule has 90 valence electrons. The summed E-state index contributed by atoms with van der Waals surface area (Å²) in [6, 6.07) is 2.37. The molecule has 1 aromatic carbocycles. The lowest BCUT2D eigenvalue weighted by Gasteiger charge is -2.06. The highest BCUT2D eigenvalue weighted by Crippen LogP contribution is 2.28. The minimum Gasteiger partial charge on any atom is -0.357 e. The Bertz CT molecular complexity index is 544. The number of rotatable bonds is 2. The van der Waals surface area contributed by atoms with Gasteiger partial charge < -0.3 is 5.32 Å². The maximum Gasteiger partial charge on any atom is 0.224 e. The maximum absolute atomic E-state index is 13.7. The standard InChI is InChI=1S/C10H9BrF2N4/c1-14-10-16-15-9(17(10)2)8-6(12)3-5(11)4-7(8)13/h3-4H,1-2H3,(H,14,16). The van der Waals surface area contributed by atoms with Crippen LogP contribution in [0.25, 0.3) is 11.4 Å². The van der Waals surface area contributed by atoms with Gasteiger partial charge in [0.25, 0.3) is 0 Å². The van der Waals surface area contributed by atoms with E-state index in [1.165, 1.54) is 16.7 Å². The number of hydrogen-bond acceptors (Lipinski definition) is 3. The van der Waals surface area contributed by atoms with E-state index < -0.39 is 11.6 Å². The third-order valence-corrected chi connectivity index (χ3v) is 2.79. The Balaban J connectivity index is 2.64. The third-order valence-electron chi connectivity index (χ3n) is 2.33. The van der Waals surface area contributed by atoms with Gasteiger partial charge in [-0.25, -0.2) is 8.78 Å². The van der Waals surface area contributed by atoms with Crippen molar-refractivity contribution in [3.05, 3.63) is 28.2 Å². The van der Waals surface area contributed by atoms with E-state index in [9.17, 15) is 8.78 Å². The van der Waals surface area contributed by atoms with Crippen molar-refractivity contribution in [2.45, 2.75) is 0 Å². The van der Waals surface area contributed by atoms with Crippen LogP contribution >= 0.6 is 15.9 Å². The normalized spacial score (nSPS) is 10.6. The minimum absolute atomic E-state index is 0.136. The molecule has 0 aliphatic rings. The van der Waals surface area contributed by atoms with Gasteiger partial charge in [0, 0.05) is 18.6 Å². The van der Waals surface area contributed by atoms with Crippen molar-refractivity contribution >= 4 is 21.9 Å². The Labute approximate surface area is 105 Å². The topological polar surface area (TPSA) is 42.7 Å². The van der Waals surface area contributed by atoms with Gasteiger partial charge >= 0.3 is 0 Å². The molecule has 1 heterocycles. The number of nitrogens with one attached hydrogen (secondary N) is 1. The van der Waals surface area contributed by atoms with Crippen LogP contribution in [-0.2, 0) is 7.05 Å². The van der Waals surface area contributed by atoms with E-state index >= 15 is 0 Å². The van der Waals surface area contributed by atoms with Gasteiger partial charge in [-0.2, -0.15) is 0 Å². The molecular weight excluding hydrogens is 294 g/mol. The van der Waals surface area contributed by atoms with Crippen molar-refractivity contribution in [1.82, 2.24) is 14.8 Å². The van der Waals surface area contributed by atoms with E-state index in [4.69, 9.17) is 0 Å². The molecule has 0 unspecified atom stereocenters. The molecule has 0 saturated carbocycles. The number of hydrogen-bond donors (Lipinski definition) is 1. The second kappa shape index (κ2) is 4.40. The van der Waals surface area contributed by atoms with Crippen LogP contribution < -0.4 is 5.32 Å². The Hall–Kier alpha value is -1.50. The number of halogens is 3. The molecule has 1 N–H and O–H groups in total. The molecule has 4 nitrogen and oxygen atoms in total. The first-order chi connectivity index (χ1) is 8.04. The second-order valence-electron chi connectivity index (χ2n) is 3.40. The Kier molecular flexibility index (Phi) is 3.10. The number of aromatic nitrogens is 3. The zero-order valence-electron chi connectivity index (χ0n) is 9.13. The summed E-state index contributed by atoms with van der Waals surface area (Å²) < 4.78 is 29.3. The summed E-state index contributed by atoms with van der Waals surface area (Å²) >= 11 is 3.02. The molecule has 2 aromatic rings. The van der Waals surface area contributed by atoms with Gasteiger partial charge in [0.05, 0.1) is 5.56 Å². The number of benzene rings is 1. The lowest BCUT2D eigenvalue weighted by atomic mass is 10.2. The highest BCUT2D eigenvalue weighted by Gasteiger charge is 2.19. The maximum atomic E-state index is 13.7. The van der Waals surface area contributed by atoms with Crippen molar-refractivity contribution in [2.24, 2.45) is 7.05 Å². The fraction of sp³-hybridized carbons (Fsp3) is 0.200. The third kappa shape index (κ3) is 2.02. The average molecular weight is 303 g/mol. The largest absolute Gasteiger partial charge is 0.357 e. The van der Waals surface area contributed by atoms with E-state index in [1.807, 2.05) is 0 Å². The quantitative estimate of drug-likeness (QED) is 0.927. The Morgan fingerprint density at radius 1 is 1.24 bits per heavy atom. The molecule has 0 spiro atoms. The molecule has 17 heavy (non-hydrogen) atoms. The van der Waals surface area contributed by atoms with Crippen LogP contribution in [0, 0.1) is 11.6 Å². The summed E-state index contributed by atoms with van der Waals surface area (Å²) in [5.41, 5.74) is -0.190. The molecule has 0 bridgehead atoms. The highest BCUT2D eigenvalue weighted by atomic mass is 79.9. The molecule has 1 aromatic heterocycles. The fourth-order valence-electron chi connectivity index (χ4n) is 1.52. The predicted molar refractivity (Wildman–Crippen MR) is 63.6 cm³/mol. The van der Waals surface area contributed by atoms with Gasteiger partial charge in [0.15, 0.2) is 5.82 Å². The molecule has 0 atom stereocenters. The van der Waals surface area contributed by atoms with Gasteiger partial charge in [-0.1, -0.05) is 15.9 Å². The zero-order chi connectivity index (χ0) is 12.6. The molecule has 0 radical (unpaired) electrons. The molecule has 0 aliphatic carbocycles. The molecule has 7 heteroatoms. The summed E-state index contributed by atoms with van der Waals surface area (Å²) in [6.07, 6.45) is 0. The van der Waals surface area contributed by atoms with E-state index in [2.05, 4.69) is 31.4 Å². The molecule has 0 fully saturated rings. The van der Waals surface area contributed by atoms with Gasteiger partial charge in [0.1, 0.15) is 11.6 Å². The average Bonchev–Trinajstić information content (AvgIpc) is 2.59. The van der Waals surface area contributed by atoms with Crippen LogP contribution in [0.3, 0.4) is 0 Å². The SMILES string of the molecule is CNc1nnc(-c2c(F)cc(Br)cc2F)n1C. The predicted octanol–water partition coefficient (Wildman–Crippen LogP) is 2.56. The zero-order valence-corrected chi connectivity index (χ0v) is 10.7. The second-order valence-corrected chi connectivity index (χ2v) is 4.32. The summed E-state index contributed by atoms with van der Waals surface area (Å²) in [5, 5.41) is 10.3. The monoisotopic (exact) mass is 302 g/mol. The van der Waals surface area contributed by atoms with Gasteiger partial charge in [0.2, 0.25) is 5.95 Å². The summed E-state index contributed by atoms with van der Waals surface area (Å²) in [6.45, 7) is 0. The molecule has 0 aliphatic heterocycles. The lowest BCUT2D eigenvalue weighted by molar-refractivity contribution is 0.584. The van der Waals surface area contributed by atoms with Crippen LogP contribution in [0.2, 0.25) is 0 Å². The first kappa shape index (κ1) is 12.0. The Morgan fingerprint density at radius 2 is 1.82 bits per heavy atom. The Morgan fingerprint density at radius 3 is 2.29 bits per heavy atom. The summed E-state index contributed by atoms with van der Waals surface area (Å²) in [4.78, 5) is 0. The van der Waals surface area contributed by atoms with E-state index in [0.29, 0.717) is 10.4 Å². The molecular formula is C10H9BrF2N4. The summed E-state index contributed by atoms with van der Waals surface area (Å²) in [7, 11) is 3.28. The van der Waals surface area contributed by atoms with Gasteiger partial charge in [-0.3, -0.25) is 4.57 Å². The lowest BCUT2D eigenvalue weighted by Crippen LogP contribution is -2.02. The van der Waals surface area contributed by atoms with E-state index in [-0.39, 0.29) is 11.4 Å². The highest BCUT2D eigenvalue weighted by molar-refractivity contribution is 9.10. The van der Waals surface area contributed by atoms with Crippen molar-refractivity contribution in [3.63, 3.8) is 0 Å². The smallest absolute Gasteiger partial charge is 0.224 e. The van der Waals surface area contributed by atoms with Crippen LogP contribution in [0.4, 0.5) is 14.7 Å². The van der Waals surface area contributed by atoms with Crippen molar-refractivity contribution in [1.29, 1.82) is 0 Å². The van der Waals surface area contributed by atoms with Crippen LogP contribution in [0.5, 0.6) is 0 Å².